The Morgan fingerprint density at radius 1 is 1.00 bits per heavy atom. The largest absolute Gasteiger partial charge is 0.384 e. The van der Waals surface area contributed by atoms with Gasteiger partial charge in [0.25, 0.3) is 0 Å². The van der Waals surface area contributed by atoms with Crippen molar-refractivity contribution in [1.82, 2.24) is 10.2 Å². The molecule has 0 unspecified atom stereocenters. The second-order valence-electron chi connectivity index (χ2n) is 10.1. The van der Waals surface area contributed by atoms with Crippen LogP contribution in [0.25, 0.3) is 0 Å². The standard InChI is InChI=1S/C23H31N3O/c27-22(25-21-17-10-15-9-16(12-17)13-18(21)11-15)26-7-5-23(6-8-26)14-24-20-4-2-1-3-19(20)23/h1-4,15-18,21,24H,5-14H2,(H,25,27). The highest BCUT2D eigenvalue weighted by Gasteiger charge is 2.49. The predicted octanol–water partition coefficient (Wildman–Crippen LogP) is 3.98. The van der Waals surface area contributed by atoms with Gasteiger partial charge in [0, 0.05) is 36.8 Å². The minimum atomic E-state index is 0.210. The number of nitrogens with zero attached hydrogens (tertiary/aromatic N) is 1. The average Bonchev–Trinajstić information content (AvgIpc) is 3.03. The van der Waals surface area contributed by atoms with Crippen LogP contribution in [-0.2, 0) is 5.41 Å². The molecule has 0 aromatic heterocycles. The van der Waals surface area contributed by atoms with Crippen LogP contribution in [0.5, 0.6) is 0 Å². The smallest absolute Gasteiger partial charge is 0.317 e. The van der Waals surface area contributed by atoms with Gasteiger partial charge in [0.2, 0.25) is 0 Å². The maximum Gasteiger partial charge on any atom is 0.317 e. The van der Waals surface area contributed by atoms with Gasteiger partial charge in [-0.3, -0.25) is 0 Å². The van der Waals surface area contributed by atoms with Gasteiger partial charge < -0.3 is 15.5 Å². The van der Waals surface area contributed by atoms with Gasteiger partial charge in [-0.2, -0.15) is 0 Å². The van der Waals surface area contributed by atoms with Crippen molar-refractivity contribution in [1.29, 1.82) is 0 Å². The number of fused-ring (bicyclic) bond motifs is 2. The van der Waals surface area contributed by atoms with E-state index in [0.29, 0.717) is 6.04 Å². The molecule has 5 fully saturated rings. The first-order valence-corrected chi connectivity index (χ1v) is 11.1. The first kappa shape index (κ1) is 16.3. The number of para-hydroxylation sites is 1. The van der Waals surface area contributed by atoms with Gasteiger partial charge in [-0.15, -0.1) is 0 Å². The molecule has 7 rings (SSSR count). The molecule has 4 saturated carbocycles. The van der Waals surface area contributed by atoms with Gasteiger partial charge in [-0.1, -0.05) is 18.2 Å². The quantitative estimate of drug-likeness (QED) is 0.791. The summed E-state index contributed by atoms with van der Waals surface area (Å²) in [6, 6.07) is 9.39. The van der Waals surface area contributed by atoms with Gasteiger partial charge in [0.05, 0.1) is 0 Å². The van der Waals surface area contributed by atoms with E-state index < -0.39 is 0 Å². The molecule has 0 radical (unpaired) electrons. The minimum absolute atomic E-state index is 0.210. The summed E-state index contributed by atoms with van der Waals surface area (Å²) in [6.45, 7) is 2.79. The Morgan fingerprint density at radius 3 is 2.37 bits per heavy atom. The SMILES string of the molecule is O=C(NC1C2CC3CC(C2)CC1C3)N1CCC2(CC1)CNc1ccccc12. The monoisotopic (exact) mass is 365 g/mol. The summed E-state index contributed by atoms with van der Waals surface area (Å²) in [4.78, 5) is 15.1. The maximum atomic E-state index is 13.0. The molecule has 144 valence electrons. The van der Waals surface area contributed by atoms with E-state index in [1.165, 1.54) is 43.4 Å². The number of nitrogens with one attached hydrogen (secondary N) is 2. The first-order chi connectivity index (χ1) is 13.2. The molecule has 0 atom stereocenters. The first-order valence-electron chi connectivity index (χ1n) is 11.1. The van der Waals surface area contributed by atoms with Crippen LogP contribution >= 0.6 is 0 Å². The summed E-state index contributed by atoms with van der Waals surface area (Å²) in [5, 5.41) is 7.09. The number of hydrogen-bond donors (Lipinski definition) is 2. The lowest BCUT2D eigenvalue weighted by Gasteiger charge is -2.54. The Kier molecular flexibility index (Phi) is 3.55. The van der Waals surface area contributed by atoms with Gasteiger partial charge >= 0.3 is 6.03 Å². The van der Waals surface area contributed by atoms with Crippen LogP contribution in [0.3, 0.4) is 0 Å². The molecular weight excluding hydrogens is 334 g/mol. The maximum absolute atomic E-state index is 13.0. The fourth-order valence-electron chi connectivity index (χ4n) is 7.44. The zero-order valence-corrected chi connectivity index (χ0v) is 16.1. The number of anilines is 1. The lowest BCUT2D eigenvalue weighted by atomic mass is 9.54. The molecular formula is C23H31N3O. The van der Waals surface area contributed by atoms with Crippen molar-refractivity contribution < 1.29 is 4.79 Å². The fraction of sp³-hybridized carbons (Fsp3) is 0.696. The van der Waals surface area contributed by atoms with E-state index in [0.717, 1.165) is 56.1 Å². The molecule has 4 nitrogen and oxygen atoms in total. The molecule has 2 N–H and O–H groups in total. The van der Waals surface area contributed by atoms with E-state index in [1.54, 1.807) is 0 Å². The average molecular weight is 366 g/mol. The summed E-state index contributed by atoms with van der Waals surface area (Å²) in [5.41, 5.74) is 2.99. The van der Waals surface area contributed by atoms with Gasteiger partial charge in [0.15, 0.2) is 0 Å². The van der Waals surface area contributed by atoms with Crippen LogP contribution in [-0.4, -0.2) is 36.6 Å². The van der Waals surface area contributed by atoms with Crippen LogP contribution < -0.4 is 10.6 Å². The van der Waals surface area contributed by atoms with Gasteiger partial charge in [0.1, 0.15) is 0 Å². The Bertz CT molecular complexity index is 724. The number of carbonyl (C=O) groups excluding carboxylic acids is 1. The lowest BCUT2D eigenvalue weighted by molar-refractivity contribution is -0.0114. The number of likely N-dealkylation sites (tertiary alicyclic amines) is 1. The summed E-state index contributed by atoms with van der Waals surface area (Å²) < 4.78 is 0. The summed E-state index contributed by atoms with van der Waals surface area (Å²) in [6.07, 6.45) is 9.08. The van der Waals surface area contributed by atoms with E-state index in [9.17, 15) is 4.79 Å². The molecule has 4 heteroatoms. The van der Waals surface area contributed by atoms with E-state index in [1.807, 2.05) is 0 Å². The second-order valence-corrected chi connectivity index (χ2v) is 10.1. The molecule has 2 heterocycles. The zero-order valence-electron chi connectivity index (χ0n) is 16.1. The van der Waals surface area contributed by atoms with E-state index in [2.05, 4.69) is 39.8 Å². The van der Waals surface area contributed by atoms with Crippen LogP contribution in [0.4, 0.5) is 10.5 Å². The number of carbonyl (C=O) groups is 1. The van der Waals surface area contributed by atoms with E-state index >= 15 is 0 Å². The lowest BCUT2D eigenvalue weighted by Crippen LogP contribution is -2.59. The minimum Gasteiger partial charge on any atom is -0.384 e. The number of amides is 2. The number of rotatable bonds is 1. The fourth-order valence-corrected chi connectivity index (χ4v) is 7.44. The van der Waals surface area contributed by atoms with Crippen molar-refractivity contribution in [2.45, 2.75) is 56.4 Å². The molecule has 6 aliphatic rings. The highest BCUT2D eigenvalue weighted by atomic mass is 16.2. The highest BCUT2D eigenvalue weighted by molar-refractivity contribution is 5.75. The third kappa shape index (κ3) is 2.51. The van der Waals surface area contributed by atoms with Crippen molar-refractivity contribution in [2.75, 3.05) is 25.0 Å². The Labute approximate surface area is 162 Å². The molecule has 2 aliphatic heterocycles. The molecule has 4 bridgehead atoms. The van der Waals surface area contributed by atoms with Crippen LogP contribution in [0.15, 0.2) is 24.3 Å². The molecule has 2 amide bonds. The van der Waals surface area contributed by atoms with Gasteiger partial charge in [-0.25, -0.2) is 4.79 Å². The number of piperidine rings is 1. The second kappa shape index (κ2) is 5.89. The van der Waals surface area contributed by atoms with Crippen LogP contribution in [0.1, 0.15) is 50.5 Å². The topological polar surface area (TPSA) is 44.4 Å². The molecule has 1 spiro atoms. The third-order valence-corrected chi connectivity index (χ3v) is 8.64. The number of hydrogen-bond acceptors (Lipinski definition) is 2. The molecule has 4 aliphatic carbocycles. The molecule has 1 aromatic carbocycles. The molecule has 1 aromatic rings. The Morgan fingerprint density at radius 2 is 1.67 bits per heavy atom. The predicted molar refractivity (Wildman–Crippen MR) is 107 cm³/mol. The zero-order chi connectivity index (χ0) is 18.0. The Balaban J connectivity index is 1.11. The van der Waals surface area contributed by atoms with Crippen LogP contribution in [0.2, 0.25) is 0 Å². The highest BCUT2D eigenvalue weighted by Crippen LogP contribution is 2.53. The van der Waals surface area contributed by atoms with Crippen molar-refractivity contribution in [2.24, 2.45) is 23.7 Å². The van der Waals surface area contributed by atoms with Crippen LogP contribution in [0, 0.1) is 23.7 Å². The number of benzene rings is 1. The number of urea groups is 1. The van der Waals surface area contributed by atoms with Crippen molar-refractivity contribution in [3.63, 3.8) is 0 Å². The molecule has 1 saturated heterocycles. The van der Waals surface area contributed by atoms with Crippen molar-refractivity contribution >= 4 is 11.7 Å². The Hall–Kier alpha value is -1.71. The van der Waals surface area contributed by atoms with E-state index in [-0.39, 0.29) is 11.4 Å². The third-order valence-electron chi connectivity index (χ3n) is 8.64. The summed E-state index contributed by atoms with van der Waals surface area (Å²) in [7, 11) is 0. The van der Waals surface area contributed by atoms with Crippen molar-refractivity contribution in [3.05, 3.63) is 29.8 Å². The molecule has 27 heavy (non-hydrogen) atoms. The van der Waals surface area contributed by atoms with Crippen molar-refractivity contribution in [3.8, 4) is 0 Å². The van der Waals surface area contributed by atoms with E-state index in [4.69, 9.17) is 0 Å². The normalized spacial score (nSPS) is 37.9. The summed E-state index contributed by atoms with van der Waals surface area (Å²) in [5.74, 6) is 3.44. The van der Waals surface area contributed by atoms with Gasteiger partial charge in [-0.05, 0) is 80.2 Å². The summed E-state index contributed by atoms with van der Waals surface area (Å²) >= 11 is 0.